The summed E-state index contributed by atoms with van der Waals surface area (Å²) in [5.74, 6) is 0.284. The third kappa shape index (κ3) is 2.20. The summed E-state index contributed by atoms with van der Waals surface area (Å²) in [6.07, 6.45) is 0. The molecule has 0 aliphatic carbocycles. The summed E-state index contributed by atoms with van der Waals surface area (Å²) in [7, 11) is 0. The standard InChI is InChI=1S/C15H11ClO2S/c1-8-5-14(19-9(8)2)15(17)13-7-10-6-11(16)3-4-12(10)18-13/h3-7H,1-2H3. The van der Waals surface area contributed by atoms with E-state index in [0.717, 1.165) is 15.8 Å². The molecule has 0 aliphatic heterocycles. The molecular weight excluding hydrogens is 280 g/mol. The summed E-state index contributed by atoms with van der Waals surface area (Å²) in [6.45, 7) is 4.01. The van der Waals surface area contributed by atoms with Crippen LogP contribution in [0, 0.1) is 13.8 Å². The lowest BCUT2D eigenvalue weighted by atomic mass is 10.2. The first kappa shape index (κ1) is 12.5. The van der Waals surface area contributed by atoms with Crippen molar-refractivity contribution in [1.29, 1.82) is 0 Å². The van der Waals surface area contributed by atoms with E-state index in [2.05, 4.69) is 0 Å². The Morgan fingerprint density at radius 2 is 2.00 bits per heavy atom. The number of aryl methyl sites for hydroxylation is 2. The molecule has 3 aromatic rings. The smallest absolute Gasteiger partial charge is 0.238 e. The van der Waals surface area contributed by atoms with Gasteiger partial charge >= 0.3 is 0 Å². The number of carbonyl (C=O) groups is 1. The zero-order chi connectivity index (χ0) is 13.6. The van der Waals surface area contributed by atoms with Crippen LogP contribution in [0.3, 0.4) is 0 Å². The molecule has 0 aliphatic rings. The van der Waals surface area contributed by atoms with Crippen molar-refractivity contribution in [3.8, 4) is 0 Å². The third-order valence-electron chi connectivity index (χ3n) is 3.09. The van der Waals surface area contributed by atoms with Gasteiger partial charge in [-0.1, -0.05) is 11.6 Å². The van der Waals surface area contributed by atoms with Gasteiger partial charge in [-0.15, -0.1) is 11.3 Å². The number of ketones is 1. The molecule has 0 atom stereocenters. The van der Waals surface area contributed by atoms with Gasteiger partial charge in [0, 0.05) is 15.3 Å². The minimum Gasteiger partial charge on any atom is -0.453 e. The molecule has 0 amide bonds. The van der Waals surface area contributed by atoms with E-state index in [-0.39, 0.29) is 5.78 Å². The Labute approximate surface area is 119 Å². The van der Waals surface area contributed by atoms with Crippen molar-refractivity contribution in [2.24, 2.45) is 0 Å². The lowest BCUT2D eigenvalue weighted by Gasteiger charge is -1.91. The molecule has 0 saturated heterocycles. The number of furan rings is 1. The normalized spacial score (nSPS) is 11.1. The van der Waals surface area contributed by atoms with Crippen LogP contribution in [0.2, 0.25) is 5.02 Å². The predicted molar refractivity (Wildman–Crippen MR) is 78.4 cm³/mol. The van der Waals surface area contributed by atoms with Gasteiger partial charge < -0.3 is 4.42 Å². The number of rotatable bonds is 2. The van der Waals surface area contributed by atoms with Crippen molar-refractivity contribution in [1.82, 2.24) is 0 Å². The fourth-order valence-electron chi connectivity index (χ4n) is 1.93. The maximum absolute atomic E-state index is 12.4. The van der Waals surface area contributed by atoms with Crippen LogP contribution in [-0.2, 0) is 0 Å². The monoisotopic (exact) mass is 290 g/mol. The van der Waals surface area contributed by atoms with Crippen LogP contribution in [0.4, 0.5) is 0 Å². The fraction of sp³-hybridized carbons (Fsp3) is 0.133. The van der Waals surface area contributed by atoms with Crippen LogP contribution in [0.25, 0.3) is 11.0 Å². The highest BCUT2D eigenvalue weighted by atomic mass is 35.5. The number of hydrogen-bond acceptors (Lipinski definition) is 3. The first-order valence-electron chi connectivity index (χ1n) is 5.85. The van der Waals surface area contributed by atoms with Gasteiger partial charge in [-0.2, -0.15) is 0 Å². The Hall–Kier alpha value is -1.58. The zero-order valence-electron chi connectivity index (χ0n) is 10.5. The predicted octanol–water partition coefficient (Wildman–Crippen LogP) is 5.00. The first-order chi connectivity index (χ1) is 9.04. The Kier molecular flexibility index (Phi) is 2.96. The van der Waals surface area contributed by atoms with Crippen molar-refractivity contribution < 1.29 is 9.21 Å². The van der Waals surface area contributed by atoms with Gasteiger partial charge in [0.05, 0.1) is 4.88 Å². The van der Waals surface area contributed by atoms with Gasteiger partial charge in [0.2, 0.25) is 5.78 Å². The maximum Gasteiger partial charge on any atom is 0.238 e. The SMILES string of the molecule is Cc1cc(C(=O)c2cc3cc(Cl)ccc3o2)sc1C. The second kappa shape index (κ2) is 4.51. The number of halogens is 1. The van der Waals surface area contributed by atoms with Gasteiger partial charge in [0.15, 0.2) is 5.76 Å². The Morgan fingerprint density at radius 1 is 1.21 bits per heavy atom. The van der Waals surface area contributed by atoms with Crippen molar-refractivity contribution in [2.45, 2.75) is 13.8 Å². The van der Waals surface area contributed by atoms with Crippen molar-refractivity contribution >= 4 is 39.7 Å². The molecule has 3 rings (SSSR count). The van der Waals surface area contributed by atoms with Gasteiger partial charge in [-0.25, -0.2) is 0 Å². The molecule has 0 fully saturated rings. The lowest BCUT2D eigenvalue weighted by molar-refractivity contribution is 0.101. The molecule has 2 aromatic heterocycles. The van der Waals surface area contributed by atoms with E-state index in [1.165, 1.54) is 11.3 Å². The van der Waals surface area contributed by atoms with Crippen LogP contribution in [-0.4, -0.2) is 5.78 Å². The summed E-state index contributed by atoms with van der Waals surface area (Å²) in [5, 5.41) is 1.48. The summed E-state index contributed by atoms with van der Waals surface area (Å²) in [5.41, 5.74) is 1.81. The van der Waals surface area contributed by atoms with Crippen LogP contribution in [0.1, 0.15) is 25.9 Å². The van der Waals surface area contributed by atoms with E-state index in [0.29, 0.717) is 21.2 Å². The lowest BCUT2D eigenvalue weighted by Crippen LogP contribution is -1.95. The van der Waals surface area contributed by atoms with E-state index >= 15 is 0 Å². The highest BCUT2D eigenvalue weighted by Crippen LogP contribution is 2.27. The minimum atomic E-state index is -0.0754. The molecule has 0 N–H and O–H groups in total. The molecule has 0 saturated carbocycles. The van der Waals surface area contributed by atoms with Crippen molar-refractivity contribution in [2.75, 3.05) is 0 Å². The molecule has 0 radical (unpaired) electrons. The number of benzene rings is 1. The van der Waals surface area contributed by atoms with E-state index < -0.39 is 0 Å². The van der Waals surface area contributed by atoms with Crippen LogP contribution in [0.15, 0.2) is 34.7 Å². The number of fused-ring (bicyclic) bond motifs is 1. The molecule has 2 heterocycles. The molecule has 0 spiro atoms. The quantitative estimate of drug-likeness (QED) is 0.622. The Morgan fingerprint density at radius 3 is 2.68 bits per heavy atom. The number of hydrogen-bond donors (Lipinski definition) is 0. The maximum atomic E-state index is 12.4. The summed E-state index contributed by atoms with van der Waals surface area (Å²) >= 11 is 7.42. The molecule has 2 nitrogen and oxygen atoms in total. The summed E-state index contributed by atoms with van der Waals surface area (Å²) < 4.78 is 5.59. The van der Waals surface area contributed by atoms with E-state index in [1.54, 1.807) is 24.3 Å². The number of carbonyl (C=O) groups excluding carboxylic acids is 1. The summed E-state index contributed by atoms with van der Waals surface area (Å²) in [6, 6.07) is 8.97. The molecule has 0 unspecified atom stereocenters. The van der Waals surface area contributed by atoms with Crippen LogP contribution in [0.5, 0.6) is 0 Å². The van der Waals surface area contributed by atoms with Crippen molar-refractivity contribution in [3.05, 3.63) is 56.4 Å². The van der Waals surface area contributed by atoms with Crippen LogP contribution >= 0.6 is 22.9 Å². The molecular formula is C15H11ClO2S. The van der Waals surface area contributed by atoms with Crippen LogP contribution < -0.4 is 0 Å². The molecule has 19 heavy (non-hydrogen) atoms. The third-order valence-corrected chi connectivity index (χ3v) is 4.48. The molecule has 4 heteroatoms. The van der Waals surface area contributed by atoms with E-state index in [9.17, 15) is 4.79 Å². The Bertz CT molecular complexity index is 763. The average Bonchev–Trinajstić information content (AvgIpc) is 2.92. The largest absolute Gasteiger partial charge is 0.453 e. The molecule has 96 valence electrons. The summed E-state index contributed by atoms with van der Waals surface area (Å²) in [4.78, 5) is 14.2. The van der Waals surface area contributed by atoms with Crippen molar-refractivity contribution in [3.63, 3.8) is 0 Å². The van der Waals surface area contributed by atoms with E-state index in [1.807, 2.05) is 19.9 Å². The average molecular weight is 291 g/mol. The minimum absolute atomic E-state index is 0.0754. The Balaban J connectivity index is 2.06. The zero-order valence-corrected chi connectivity index (χ0v) is 12.1. The molecule has 1 aromatic carbocycles. The number of thiophene rings is 1. The van der Waals surface area contributed by atoms with Gasteiger partial charge in [-0.05, 0) is 49.7 Å². The second-order valence-electron chi connectivity index (χ2n) is 4.47. The topological polar surface area (TPSA) is 30.2 Å². The van der Waals surface area contributed by atoms with Gasteiger partial charge in [-0.3, -0.25) is 4.79 Å². The first-order valence-corrected chi connectivity index (χ1v) is 7.05. The van der Waals surface area contributed by atoms with Gasteiger partial charge in [0.1, 0.15) is 5.58 Å². The molecule has 0 bridgehead atoms. The second-order valence-corrected chi connectivity index (χ2v) is 6.16. The fourth-order valence-corrected chi connectivity index (χ4v) is 3.09. The van der Waals surface area contributed by atoms with E-state index in [4.69, 9.17) is 16.0 Å². The van der Waals surface area contributed by atoms with Gasteiger partial charge in [0.25, 0.3) is 0 Å². The highest BCUT2D eigenvalue weighted by molar-refractivity contribution is 7.14. The highest BCUT2D eigenvalue weighted by Gasteiger charge is 2.17.